The van der Waals surface area contributed by atoms with Gasteiger partial charge in [-0.05, 0) is 18.2 Å². The van der Waals surface area contributed by atoms with E-state index < -0.39 is 5.97 Å². The van der Waals surface area contributed by atoms with Gasteiger partial charge in [0.25, 0.3) is 0 Å². The molecule has 0 amide bonds. The third-order valence-electron chi connectivity index (χ3n) is 2.09. The Balaban J connectivity index is 2.37. The Kier molecular flexibility index (Phi) is 3.31. The van der Waals surface area contributed by atoms with E-state index in [2.05, 4.69) is 9.72 Å². The third kappa shape index (κ3) is 2.40. The van der Waals surface area contributed by atoms with Gasteiger partial charge in [0.05, 0.1) is 12.1 Å². The fourth-order valence-electron chi connectivity index (χ4n) is 1.24. The molecule has 88 valence electrons. The lowest BCUT2D eigenvalue weighted by Gasteiger charge is -1.99. The van der Waals surface area contributed by atoms with Gasteiger partial charge in [-0.15, -0.1) is 11.3 Å². The maximum absolute atomic E-state index is 11.2. The number of hydrogen-bond acceptors (Lipinski definition) is 5. The van der Waals surface area contributed by atoms with Crippen LogP contribution < -0.4 is 0 Å². The molecule has 1 aromatic heterocycles. The van der Waals surface area contributed by atoms with Crippen molar-refractivity contribution >= 4 is 28.9 Å². The fourth-order valence-corrected chi connectivity index (χ4v) is 2.21. The van der Waals surface area contributed by atoms with Crippen molar-refractivity contribution in [2.24, 2.45) is 0 Å². The molecular formula is C11H8ClNO3S. The van der Waals surface area contributed by atoms with E-state index in [1.165, 1.54) is 24.5 Å². The molecule has 1 aromatic carbocycles. The SMILES string of the molecule is COC(=O)c1csc(-c2ccc(O)c(Cl)c2)n1. The van der Waals surface area contributed by atoms with Crippen molar-refractivity contribution in [2.75, 3.05) is 7.11 Å². The number of hydrogen-bond donors (Lipinski definition) is 1. The zero-order chi connectivity index (χ0) is 12.4. The molecule has 0 aliphatic heterocycles. The van der Waals surface area contributed by atoms with Crippen molar-refractivity contribution in [2.45, 2.75) is 0 Å². The highest BCUT2D eigenvalue weighted by atomic mass is 35.5. The Hall–Kier alpha value is -1.59. The van der Waals surface area contributed by atoms with Crippen molar-refractivity contribution < 1.29 is 14.6 Å². The third-order valence-corrected chi connectivity index (χ3v) is 3.29. The minimum atomic E-state index is -0.475. The van der Waals surface area contributed by atoms with E-state index in [4.69, 9.17) is 11.6 Å². The van der Waals surface area contributed by atoms with E-state index in [1.807, 2.05) is 0 Å². The highest BCUT2D eigenvalue weighted by Gasteiger charge is 2.12. The highest BCUT2D eigenvalue weighted by molar-refractivity contribution is 7.13. The summed E-state index contributed by atoms with van der Waals surface area (Å²) in [6, 6.07) is 4.76. The van der Waals surface area contributed by atoms with Crippen LogP contribution in [0.1, 0.15) is 10.5 Å². The number of ether oxygens (including phenoxy) is 1. The molecule has 0 spiro atoms. The number of carbonyl (C=O) groups is 1. The number of benzene rings is 1. The van der Waals surface area contributed by atoms with Gasteiger partial charge in [-0.25, -0.2) is 9.78 Å². The highest BCUT2D eigenvalue weighted by Crippen LogP contribution is 2.31. The van der Waals surface area contributed by atoms with Crippen molar-refractivity contribution in [3.05, 3.63) is 34.3 Å². The average molecular weight is 270 g/mol. The van der Waals surface area contributed by atoms with Gasteiger partial charge >= 0.3 is 5.97 Å². The Morgan fingerprint density at radius 1 is 1.53 bits per heavy atom. The van der Waals surface area contributed by atoms with Gasteiger partial charge in [0, 0.05) is 10.9 Å². The van der Waals surface area contributed by atoms with E-state index in [9.17, 15) is 9.90 Å². The molecule has 17 heavy (non-hydrogen) atoms. The molecule has 2 aromatic rings. The van der Waals surface area contributed by atoms with Crippen LogP contribution in [0.5, 0.6) is 5.75 Å². The van der Waals surface area contributed by atoms with Crippen molar-refractivity contribution in [3.8, 4) is 16.3 Å². The quantitative estimate of drug-likeness (QED) is 0.852. The number of methoxy groups -OCH3 is 1. The Labute approximate surface area is 106 Å². The molecule has 0 unspecified atom stereocenters. The number of nitrogens with zero attached hydrogens (tertiary/aromatic N) is 1. The van der Waals surface area contributed by atoms with Gasteiger partial charge in [0.1, 0.15) is 10.8 Å². The van der Waals surface area contributed by atoms with Gasteiger partial charge in [0.2, 0.25) is 0 Å². The Morgan fingerprint density at radius 3 is 2.94 bits per heavy atom. The first kappa shape index (κ1) is 11.9. The summed E-state index contributed by atoms with van der Waals surface area (Å²) in [5.74, 6) is -0.461. The number of rotatable bonds is 2. The first-order valence-corrected chi connectivity index (χ1v) is 5.90. The second kappa shape index (κ2) is 4.73. The number of thiazole rings is 1. The molecule has 0 radical (unpaired) electrons. The molecule has 0 aliphatic carbocycles. The number of halogens is 1. The molecular weight excluding hydrogens is 262 g/mol. The molecule has 0 saturated carbocycles. The first-order valence-electron chi connectivity index (χ1n) is 4.64. The molecule has 0 bridgehead atoms. The number of carbonyl (C=O) groups excluding carboxylic acids is 1. The van der Waals surface area contributed by atoms with Crippen LogP contribution in [0, 0.1) is 0 Å². The lowest BCUT2D eigenvalue weighted by Crippen LogP contribution is -2.00. The summed E-state index contributed by atoms with van der Waals surface area (Å²) in [6.07, 6.45) is 0. The van der Waals surface area contributed by atoms with Crippen LogP contribution in [0.15, 0.2) is 23.6 Å². The Bertz CT molecular complexity index is 568. The van der Waals surface area contributed by atoms with E-state index in [0.29, 0.717) is 5.01 Å². The molecule has 6 heteroatoms. The number of phenolic OH excluding ortho intramolecular Hbond substituents is 1. The second-order valence-corrected chi connectivity index (χ2v) is 4.46. The molecule has 0 atom stereocenters. The van der Waals surface area contributed by atoms with Crippen molar-refractivity contribution in [1.29, 1.82) is 0 Å². The first-order chi connectivity index (χ1) is 8.11. The summed E-state index contributed by atoms with van der Waals surface area (Å²) in [6.45, 7) is 0. The van der Waals surface area contributed by atoms with Gasteiger partial charge in [-0.2, -0.15) is 0 Å². The van der Waals surface area contributed by atoms with E-state index >= 15 is 0 Å². The van der Waals surface area contributed by atoms with Crippen LogP contribution in [0.3, 0.4) is 0 Å². The number of phenols is 1. The fraction of sp³-hybridized carbons (Fsp3) is 0.0909. The standard InChI is InChI=1S/C11H8ClNO3S/c1-16-11(15)8-5-17-10(13-8)6-2-3-9(14)7(12)4-6/h2-5,14H,1H3. The zero-order valence-electron chi connectivity index (χ0n) is 8.81. The summed E-state index contributed by atoms with van der Waals surface area (Å²) in [4.78, 5) is 15.4. The van der Waals surface area contributed by atoms with Gasteiger partial charge < -0.3 is 9.84 Å². The number of aromatic hydroxyl groups is 1. The van der Waals surface area contributed by atoms with Crippen LogP contribution in [-0.4, -0.2) is 23.2 Å². The average Bonchev–Trinajstić information content (AvgIpc) is 2.81. The van der Waals surface area contributed by atoms with Crippen LogP contribution in [0.4, 0.5) is 0 Å². The van der Waals surface area contributed by atoms with Crippen LogP contribution in [0.2, 0.25) is 5.02 Å². The normalized spacial score (nSPS) is 10.2. The largest absolute Gasteiger partial charge is 0.506 e. The molecule has 4 nitrogen and oxygen atoms in total. The molecule has 2 rings (SSSR count). The van der Waals surface area contributed by atoms with Gasteiger partial charge in [0.15, 0.2) is 5.69 Å². The monoisotopic (exact) mass is 269 g/mol. The van der Waals surface area contributed by atoms with Crippen molar-refractivity contribution in [1.82, 2.24) is 4.98 Å². The van der Waals surface area contributed by atoms with Crippen molar-refractivity contribution in [3.63, 3.8) is 0 Å². The summed E-state index contributed by atoms with van der Waals surface area (Å²) in [7, 11) is 1.30. The summed E-state index contributed by atoms with van der Waals surface area (Å²) in [5.41, 5.74) is 1.00. The lowest BCUT2D eigenvalue weighted by atomic mass is 10.2. The molecule has 1 N–H and O–H groups in total. The summed E-state index contributed by atoms with van der Waals surface area (Å²) < 4.78 is 4.57. The van der Waals surface area contributed by atoms with E-state index in [-0.39, 0.29) is 16.5 Å². The summed E-state index contributed by atoms with van der Waals surface area (Å²) in [5, 5.41) is 11.8. The predicted molar refractivity (Wildman–Crippen MR) is 65.6 cm³/mol. The maximum Gasteiger partial charge on any atom is 0.357 e. The molecule has 0 aliphatic rings. The summed E-state index contributed by atoms with van der Waals surface area (Å²) >= 11 is 7.10. The maximum atomic E-state index is 11.2. The number of esters is 1. The molecule has 0 saturated heterocycles. The smallest absolute Gasteiger partial charge is 0.357 e. The topological polar surface area (TPSA) is 59.4 Å². The minimum absolute atomic E-state index is 0.0140. The second-order valence-electron chi connectivity index (χ2n) is 3.20. The van der Waals surface area contributed by atoms with Crippen LogP contribution in [-0.2, 0) is 4.74 Å². The minimum Gasteiger partial charge on any atom is -0.506 e. The van der Waals surface area contributed by atoms with Gasteiger partial charge in [-0.1, -0.05) is 11.6 Å². The Morgan fingerprint density at radius 2 is 2.29 bits per heavy atom. The van der Waals surface area contributed by atoms with Gasteiger partial charge in [-0.3, -0.25) is 0 Å². The lowest BCUT2D eigenvalue weighted by molar-refractivity contribution is 0.0595. The van der Waals surface area contributed by atoms with Crippen LogP contribution in [0.25, 0.3) is 10.6 Å². The van der Waals surface area contributed by atoms with E-state index in [1.54, 1.807) is 17.5 Å². The molecule has 0 fully saturated rings. The molecule has 1 heterocycles. The zero-order valence-corrected chi connectivity index (χ0v) is 10.4. The van der Waals surface area contributed by atoms with Crippen LogP contribution >= 0.6 is 22.9 Å². The predicted octanol–water partition coefficient (Wildman–Crippen LogP) is 2.96. The van der Waals surface area contributed by atoms with E-state index in [0.717, 1.165) is 5.56 Å². The number of aromatic nitrogens is 1.